The summed E-state index contributed by atoms with van der Waals surface area (Å²) in [6.45, 7) is 0.903. The lowest BCUT2D eigenvalue weighted by Gasteiger charge is -2.21. The van der Waals surface area contributed by atoms with Crippen molar-refractivity contribution in [3.63, 3.8) is 0 Å². The topological polar surface area (TPSA) is 31.2 Å². The van der Waals surface area contributed by atoms with Crippen LogP contribution in [-0.4, -0.2) is 17.6 Å². The van der Waals surface area contributed by atoms with Gasteiger partial charge in [0.1, 0.15) is 0 Å². The first-order valence-electron chi connectivity index (χ1n) is 9.16. The second-order valence-corrected chi connectivity index (χ2v) is 6.87. The fraction of sp³-hybridized carbons (Fsp3) is 0.125. The zero-order valence-electron chi connectivity index (χ0n) is 15.1. The smallest absolute Gasteiger partial charge is 0.337 e. The first-order chi connectivity index (χ1) is 13.3. The van der Waals surface area contributed by atoms with Crippen molar-refractivity contribution < 1.29 is 9.53 Å². The number of nitrogens with zero attached hydrogens (tertiary/aromatic N) is 1. The Morgan fingerprint density at radius 2 is 1.74 bits per heavy atom. The van der Waals surface area contributed by atoms with Crippen LogP contribution in [0.2, 0.25) is 0 Å². The molecule has 3 aromatic carbocycles. The van der Waals surface area contributed by atoms with Crippen LogP contribution in [0.4, 0.5) is 0 Å². The summed E-state index contributed by atoms with van der Waals surface area (Å²) in [5.74, 6) is -0.301. The number of hydrogen-bond donors (Lipinski definition) is 0. The molecule has 27 heavy (non-hydrogen) atoms. The van der Waals surface area contributed by atoms with Crippen LogP contribution in [0.15, 0.2) is 72.8 Å². The monoisotopic (exact) mass is 353 g/mol. The van der Waals surface area contributed by atoms with Gasteiger partial charge in [-0.1, -0.05) is 60.7 Å². The first kappa shape index (κ1) is 15.9. The SMILES string of the molecule is COC(=O)c1ccc2c(-c3ccccc3)c3n(c2c1)CCc1ccccc1-3. The first-order valence-corrected chi connectivity index (χ1v) is 9.16. The number of carbonyl (C=O) groups is 1. The molecule has 0 radical (unpaired) electrons. The number of esters is 1. The van der Waals surface area contributed by atoms with Crippen LogP contribution in [0.3, 0.4) is 0 Å². The van der Waals surface area contributed by atoms with Crippen molar-refractivity contribution in [2.45, 2.75) is 13.0 Å². The molecule has 132 valence electrons. The van der Waals surface area contributed by atoms with Gasteiger partial charge in [0.2, 0.25) is 0 Å². The molecule has 0 spiro atoms. The minimum absolute atomic E-state index is 0.301. The average Bonchev–Trinajstić information content (AvgIpc) is 3.08. The second kappa shape index (κ2) is 6.13. The molecule has 1 aliphatic rings. The van der Waals surface area contributed by atoms with Crippen molar-refractivity contribution in [1.29, 1.82) is 0 Å². The predicted molar refractivity (Wildman–Crippen MR) is 108 cm³/mol. The summed E-state index contributed by atoms with van der Waals surface area (Å²) in [7, 11) is 1.42. The third-order valence-electron chi connectivity index (χ3n) is 5.43. The van der Waals surface area contributed by atoms with Crippen molar-refractivity contribution >= 4 is 16.9 Å². The molecule has 0 saturated heterocycles. The largest absolute Gasteiger partial charge is 0.465 e. The zero-order valence-corrected chi connectivity index (χ0v) is 15.1. The third kappa shape index (κ3) is 2.39. The van der Waals surface area contributed by atoms with E-state index >= 15 is 0 Å². The summed E-state index contributed by atoms with van der Waals surface area (Å²) in [4.78, 5) is 12.1. The maximum absolute atomic E-state index is 12.1. The average molecular weight is 353 g/mol. The molecule has 2 heterocycles. The van der Waals surface area contributed by atoms with Crippen LogP contribution in [-0.2, 0) is 17.7 Å². The van der Waals surface area contributed by atoms with Crippen LogP contribution >= 0.6 is 0 Å². The quantitative estimate of drug-likeness (QED) is 0.457. The Labute approximate surface area is 157 Å². The highest BCUT2D eigenvalue weighted by molar-refractivity contribution is 6.07. The van der Waals surface area contributed by atoms with Crippen LogP contribution < -0.4 is 0 Å². The number of ether oxygens (including phenoxy) is 1. The maximum atomic E-state index is 12.1. The molecule has 0 amide bonds. The molecule has 0 unspecified atom stereocenters. The number of rotatable bonds is 2. The van der Waals surface area contributed by atoms with Crippen LogP contribution in [0.1, 0.15) is 15.9 Å². The van der Waals surface area contributed by atoms with Gasteiger partial charge in [-0.3, -0.25) is 0 Å². The molecular formula is C24H19NO2. The summed E-state index contributed by atoms with van der Waals surface area (Å²) in [5, 5.41) is 1.17. The molecule has 0 N–H and O–H groups in total. The molecule has 3 heteroatoms. The Morgan fingerprint density at radius 1 is 0.963 bits per heavy atom. The number of carbonyl (C=O) groups excluding carboxylic acids is 1. The molecule has 0 aliphatic carbocycles. The van der Waals surface area contributed by atoms with Gasteiger partial charge in [0.15, 0.2) is 0 Å². The van der Waals surface area contributed by atoms with E-state index < -0.39 is 0 Å². The van der Waals surface area contributed by atoms with E-state index in [-0.39, 0.29) is 5.97 Å². The van der Waals surface area contributed by atoms with Crippen LogP contribution in [0.5, 0.6) is 0 Å². The van der Waals surface area contributed by atoms with Crippen molar-refractivity contribution in [2.24, 2.45) is 0 Å². The van der Waals surface area contributed by atoms with Crippen LogP contribution in [0, 0.1) is 0 Å². The minimum Gasteiger partial charge on any atom is -0.465 e. The maximum Gasteiger partial charge on any atom is 0.337 e. The van der Waals surface area contributed by atoms with E-state index in [0.29, 0.717) is 5.56 Å². The van der Waals surface area contributed by atoms with Gasteiger partial charge >= 0.3 is 5.97 Å². The lowest BCUT2D eigenvalue weighted by Crippen LogP contribution is -2.11. The highest BCUT2D eigenvalue weighted by Crippen LogP contribution is 2.44. The Balaban J connectivity index is 1.89. The van der Waals surface area contributed by atoms with Gasteiger partial charge in [0.05, 0.1) is 23.9 Å². The highest BCUT2D eigenvalue weighted by Gasteiger charge is 2.25. The molecule has 0 bridgehead atoms. The van der Waals surface area contributed by atoms with Crippen molar-refractivity contribution in [1.82, 2.24) is 4.57 Å². The van der Waals surface area contributed by atoms with E-state index in [0.717, 1.165) is 18.5 Å². The lowest BCUT2D eigenvalue weighted by molar-refractivity contribution is 0.0601. The number of benzene rings is 3. The molecular weight excluding hydrogens is 334 g/mol. The Hall–Kier alpha value is -3.33. The molecule has 1 aromatic heterocycles. The van der Waals surface area contributed by atoms with E-state index in [4.69, 9.17) is 4.74 Å². The van der Waals surface area contributed by atoms with Gasteiger partial charge in [-0.15, -0.1) is 0 Å². The normalized spacial score (nSPS) is 12.5. The third-order valence-corrected chi connectivity index (χ3v) is 5.43. The number of hydrogen-bond acceptors (Lipinski definition) is 2. The fourth-order valence-corrected chi connectivity index (χ4v) is 4.21. The number of fused-ring (bicyclic) bond motifs is 5. The fourth-order valence-electron chi connectivity index (χ4n) is 4.21. The van der Waals surface area contributed by atoms with E-state index in [1.54, 1.807) is 0 Å². The Kier molecular flexibility index (Phi) is 3.61. The van der Waals surface area contributed by atoms with Crippen LogP contribution in [0.25, 0.3) is 33.3 Å². The van der Waals surface area contributed by atoms with Gasteiger partial charge in [-0.2, -0.15) is 0 Å². The molecule has 0 saturated carbocycles. The Morgan fingerprint density at radius 3 is 2.56 bits per heavy atom. The standard InChI is InChI=1S/C24H19NO2/c1-27-24(26)18-11-12-20-21(15-18)25-14-13-16-7-5-6-10-19(16)23(25)22(20)17-8-3-2-4-9-17/h2-12,15H,13-14H2,1H3. The summed E-state index contributed by atoms with van der Waals surface area (Å²) >= 11 is 0. The molecule has 0 atom stereocenters. The Bertz CT molecular complexity index is 1170. The highest BCUT2D eigenvalue weighted by atomic mass is 16.5. The summed E-state index contributed by atoms with van der Waals surface area (Å²) in [6.07, 6.45) is 0.990. The minimum atomic E-state index is -0.301. The van der Waals surface area contributed by atoms with E-state index in [1.807, 2.05) is 18.2 Å². The van der Waals surface area contributed by atoms with E-state index in [1.165, 1.54) is 40.4 Å². The number of aromatic nitrogens is 1. The van der Waals surface area contributed by atoms with Crippen molar-refractivity contribution in [3.05, 3.63) is 83.9 Å². The molecule has 4 aromatic rings. The van der Waals surface area contributed by atoms with Gasteiger partial charge in [-0.25, -0.2) is 4.79 Å². The second-order valence-electron chi connectivity index (χ2n) is 6.87. The lowest BCUT2D eigenvalue weighted by atomic mass is 9.93. The molecule has 1 aliphatic heterocycles. The van der Waals surface area contributed by atoms with Crippen molar-refractivity contribution in [3.8, 4) is 22.4 Å². The van der Waals surface area contributed by atoms with E-state index in [2.05, 4.69) is 59.2 Å². The molecule has 3 nitrogen and oxygen atoms in total. The zero-order chi connectivity index (χ0) is 18.4. The summed E-state index contributed by atoms with van der Waals surface area (Å²) < 4.78 is 7.28. The van der Waals surface area contributed by atoms with Gasteiger partial charge in [0, 0.05) is 23.1 Å². The van der Waals surface area contributed by atoms with Gasteiger partial charge in [0.25, 0.3) is 0 Å². The number of methoxy groups -OCH3 is 1. The summed E-state index contributed by atoms with van der Waals surface area (Å²) in [6, 6.07) is 25.0. The molecule has 0 fully saturated rings. The van der Waals surface area contributed by atoms with E-state index in [9.17, 15) is 4.79 Å². The summed E-state index contributed by atoms with van der Waals surface area (Å²) in [5.41, 5.74) is 7.98. The van der Waals surface area contributed by atoms with Gasteiger partial charge < -0.3 is 9.30 Å². The van der Waals surface area contributed by atoms with Crippen molar-refractivity contribution in [2.75, 3.05) is 7.11 Å². The predicted octanol–water partition coefficient (Wildman–Crippen LogP) is 5.32. The number of aryl methyl sites for hydroxylation is 2. The molecule has 5 rings (SSSR count). The van der Waals surface area contributed by atoms with Gasteiger partial charge in [-0.05, 0) is 29.7 Å².